The van der Waals surface area contributed by atoms with Gasteiger partial charge in [0.05, 0.1) is 0 Å². The molecule has 0 aromatic carbocycles. The molecule has 12 heavy (non-hydrogen) atoms. The van der Waals surface area contributed by atoms with E-state index in [2.05, 4.69) is 6.92 Å². The molecule has 2 nitrogen and oxygen atoms in total. The fourth-order valence-corrected chi connectivity index (χ4v) is 2.54. The average Bonchev–Trinajstić information content (AvgIpc) is 2.61. The molecule has 0 amide bonds. The smallest absolute Gasteiger partial charge is 0.306 e. The van der Waals surface area contributed by atoms with Crippen LogP contribution in [0.3, 0.4) is 0 Å². The summed E-state index contributed by atoms with van der Waals surface area (Å²) in [4.78, 5) is 11.0. The van der Waals surface area contributed by atoms with Gasteiger partial charge in [-0.25, -0.2) is 0 Å². The van der Waals surface area contributed by atoms with Crippen LogP contribution in [0, 0.1) is 5.92 Å². The Balaban J connectivity index is 2.01. The quantitative estimate of drug-likeness (QED) is 0.561. The van der Waals surface area contributed by atoms with Gasteiger partial charge in [0.1, 0.15) is 5.60 Å². The van der Waals surface area contributed by atoms with Crippen LogP contribution in [0.2, 0.25) is 0 Å². The molecule has 0 N–H and O–H groups in total. The number of rotatable bonds is 1. The van der Waals surface area contributed by atoms with Crippen LogP contribution in [-0.2, 0) is 9.53 Å². The van der Waals surface area contributed by atoms with E-state index in [-0.39, 0.29) is 11.6 Å². The van der Waals surface area contributed by atoms with E-state index in [1.807, 2.05) is 0 Å². The zero-order chi connectivity index (χ0) is 8.60. The number of hydrogen-bond acceptors (Lipinski definition) is 2. The lowest BCUT2D eigenvalue weighted by Gasteiger charge is -2.21. The number of ether oxygens (including phenoxy) is 1. The van der Waals surface area contributed by atoms with E-state index in [0.29, 0.717) is 6.42 Å². The Morgan fingerprint density at radius 3 is 2.92 bits per heavy atom. The molecule has 1 heterocycles. The minimum absolute atomic E-state index is 0.0161. The highest BCUT2D eigenvalue weighted by molar-refractivity contribution is 5.72. The van der Waals surface area contributed by atoms with Crippen molar-refractivity contribution in [2.24, 2.45) is 5.92 Å². The molecule has 2 rings (SSSR count). The minimum atomic E-state index is -0.0161. The van der Waals surface area contributed by atoms with Crippen molar-refractivity contribution < 1.29 is 9.53 Å². The Bertz CT molecular complexity index is 200. The van der Waals surface area contributed by atoms with E-state index in [9.17, 15) is 4.79 Å². The SMILES string of the molecule is CCC1CCC2(CCC(=O)O2)C1. The van der Waals surface area contributed by atoms with Gasteiger partial charge in [-0.15, -0.1) is 0 Å². The molecule has 0 aromatic heterocycles. The van der Waals surface area contributed by atoms with Crippen molar-refractivity contribution in [1.82, 2.24) is 0 Å². The first-order valence-corrected chi connectivity index (χ1v) is 4.96. The van der Waals surface area contributed by atoms with E-state index in [4.69, 9.17) is 4.74 Å². The molecule has 0 aromatic rings. The summed E-state index contributed by atoms with van der Waals surface area (Å²) in [5.41, 5.74) is -0.0161. The summed E-state index contributed by atoms with van der Waals surface area (Å²) in [6.07, 6.45) is 6.34. The Labute approximate surface area is 73.3 Å². The first kappa shape index (κ1) is 8.09. The second-order valence-electron chi connectivity index (χ2n) is 4.17. The van der Waals surface area contributed by atoms with Crippen LogP contribution >= 0.6 is 0 Å². The Kier molecular flexibility index (Phi) is 1.85. The highest BCUT2D eigenvalue weighted by atomic mass is 16.6. The lowest BCUT2D eigenvalue weighted by Crippen LogP contribution is -2.24. The van der Waals surface area contributed by atoms with Gasteiger partial charge in [0.25, 0.3) is 0 Å². The number of esters is 1. The van der Waals surface area contributed by atoms with E-state index >= 15 is 0 Å². The molecular formula is C10H16O2. The van der Waals surface area contributed by atoms with E-state index in [1.165, 1.54) is 12.8 Å². The molecule has 2 heteroatoms. The van der Waals surface area contributed by atoms with Crippen LogP contribution in [0.15, 0.2) is 0 Å². The summed E-state index contributed by atoms with van der Waals surface area (Å²) in [6.45, 7) is 2.22. The van der Waals surface area contributed by atoms with Crippen molar-refractivity contribution in [3.05, 3.63) is 0 Å². The van der Waals surface area contributed by atoms with Crippen molar-refractivity contribution >= 4 is 5.97 Å². The van der Waals surface area contributed by atoms with Crippen LogP contribution in [-0.4, -0.2) is 11.6 Å². The first-order chi connectivity index (χ1) is 5.74. The summed E-state index contributed by atoms with van der Waals surface area (Å²) in [6, 6.07) is 0. The maximum Gasteiger partial charge on any atom is 0.306 e. The molecule has 2 aliphatic rings. The lowest BCUT2D eigenvalue weighted by molar-refractivity contribution is -0.148. The topological polar surface area (TPSA) is 26.3 Å². The monoisotopic (exact) mass is 168 g/mol. The van der Waals surface area contributed by atoms with Crippen molar-refractivity contribution in [1.29, 1.82) is 0 Å². The molecule has 1 saturated heterocycles. The molecular weight excluding hydrogens is 152 g/mol. The second-order valence-corrected chi connectivity index (χ2v) is 4.17. The molecule has 0 radical (unpaired) electrons. The van der Waals surface area contributed by atoms with Crippen LogP contribution in [0.4, 0.5) is 0 Å². The fraction of sp³-hybridized carbons (Fsp3) is 0.900. The minimum Gasteiger partial charge on any atom is -0.459 e. The molecule has 68 valence electrons. The van der Waals surface area contributed by atoms with Crippen LogP contribution < -0.4 is 0 Å². The zero-order valence-corrected chi connectivity index (χ0v) is 7.64. The molecule has 1 aliphatic carbocycles. The molecule has 0 bridgehead atoms. The van der Waals surface area contributed by atoms with Crippen molar-refractivity contribution in [2.45, 2.75) is 51.0 Å². The summed E-state index contributed by atoms with van der Waals surface area (Å²) in [7, 11) is 0. The van der Waals surface area contributed by atoms with Gasteiger partial charge in [0.2, 0.25) is 0 Å². The van der Waals surface area contributed by atoms with Crippen molar-refractivity contribution in [3.63, 3.8) is 0 Å². The average molecular weight is 168 g/mol. The Morgan fingerprint density at radius 2 is 2.42 bits per heavy atom. The molecule has 2 atom stereocenters. The standard InChI is InChI=1S/C10H16O2/c1-2-8-3-5-10(7-8)6-4-9(11)12-10/h8H,2-7H2,1H3. The van der Waals surface area contributed by atoms with E-state index in [0.717, 1.165) is 25.2 Å². The molecule has 1 saturated carbocycles. The summed E-state index contributed by atoms with van der Waals surface area (Å²) in [5.74, 6) is 0.822. The zero-order valence-electron chi connectivity index (χ0n) is 7.64. The number of carbonyl (C=O) groups is 1. The first-order valence-electron chi connectivity index (χ1n) is 4.96. The molecule has 1 aliphatic heterocycles. The normalized spacial score (nSPS) is 40.8. The van der Waals surface area contributed by atoms with Gasteiger partial charge < -0.3 is 4.74 Å². The highest BCUT2D eigenvalue weighted by Gasteiger charge is 2.45. The fourth-order valence-electron chi connectivity index (χ4n) is 2.54. The number of carbonyl (C=O) groups excluding carboxylic acids is 1. The Morgan fingerprint density at radius 1 is 1.58 bits per heavy atom. The molecule has 2 unspecified atom stereocenters. The predicted octanol–water partition coefficient (Wildman–Crippen LogP) is 2.27. The van der Waals surface area contributed by atoms with Gasteiger partial charge in [-0.3, -0.25) is 4.79 Å². The molecule has 1 spiro atoms. The van der Waals surface area contributed by atoms with Gasteiger partial charge in [0, 0.05) is 6.42 Å². The van der Waals surface area contributed by atoms with Crippen LogP contribution in [0.25, 0.3) is 0 Å². The second kappa shape index (κ2) is 2.75. The van der Waals surface area contributed by atoms with E-state index in [1.54, 1.807) is 0 Å². The summed E-state index contributed by atoms with van der Waals surface area (Å²) >= 11 is 0. The largest absolute Gasteiger partial charge is 0.459 e. The van der Waals surface area contributed by atoms with Crippen molar-refractivity contribution in [3.8, 4) is 0 Å². The van der Waals surface area contributed by atoms with Gasteiger partial charge in [-0.05, 0) is 31.6 Å². The molecule has 2 fully saturated rings. The van der Waals surface area contributed by atoms with Gasteiger partial charge in [-0.2, -0.15) is 0 Å². The lowest BCUT2D eigenvalue weighted by atomic mass is 9.96. The third kappa shape index (κ3) is 1.23. The highest BCUT2D eigenvalue weighted by Crippen LogP contribution is 2.45. The summed E-state index contributed by atoms with van der Waals surface area (Å²) < 4.78 is 5.40. The maximum absolute atomic E-state index is 11.0. The number of hydrogen-bond donors (Lipinski definition) is 0. The Hall–Kier alpha value is -0.530. The van der Waals surface area contributed by atoms with Crippen molar-refractivity contribution in [2.75, 3.05) is 0 Å². The summed E-state index contributed by atoms with van der Waals surface area (Å²) in [5, 5.41) is 0. The van der Waals surface area contributed by atoms with E-state index < -0.39 is 0 Å². The predicted molar refractivity (Wildman–Crippen MR) is 45.7 cm³/mol. The van der Waals surface area contributed by atoms with Crippen LogP contribution in [0.1, 0.15) is 45.4 Å². The van der Waals surface area contributed by atoms with Gasteiger partial charge in [-0.1, -0.05) is 13.3 Å². The third-order valence-electron chi connectivity index (χ3n) is 3.36. The van der Waals surface area contributed by atoms with Crippen LogP contribution in [0.5, 0.6) is 0 Å². The van der Waals surface area contributed by atoms with Gasteiger partial charge >= 0.3 is 5.97 Å². The third-order valence-corrected chi connectivity index (χ3v) is 3.36. The van der Waals surface area contributed by atoms with Gasteiger partial charge in [0.15, 0.2) is 0 Å². The maximum atomic E-state index is 11.0.